The fourth-order valence-corrected chi connectivity index (χ4v) is 1.56. The lowest BCUT2D eigenvalue weighted by Gasteiger charge is -2.06. The molecule has 0 aliphatic rings. The zero-order valence-corrected chi connectivity index (χ0v) is 11.4. The summed E-state index contributed by atoms with van der Waals surface area (Å²) < 4.78 is 0. The van der Waals surface area contributed by atoms with Crippen molar-refractivity contribution < 1.29 is 14.5 Å². The van der Waals surface area contributed by atoms with Crippen LogP contribution in [0.5, 0.6) is 0 Å². The molecule has 9 heteroatoms. The summed E-state index contributed by atoms with van der Waals surface area (Å²) >= 11 is 5.71. The number of carbonyl (C=O) groups is 2. The van der Waals surface area contributed by atoms with Crippen LogP contribution in [0.15, 0.2) is 12.3 Å². The zero-order chi connectivity index (χ0) is 15.1. The summed E-state index contributed by atoms with van der Waals surface area (Å²) in [4.78, 5) is 36.5. The smallest absolute Gasteiger partial charge is 0.288 e. The molecular formula is C11H13ClN4O4. The fraction of sp³-hybridized carbons (Fsp3) is 0.364. The molecule has 0 aromatic carbocycles. The van der Waals surface area contributed by atoms with Crippen LogP contribution >= 0.6 is 11.6 Å². The molecular weight excluding hydrogens is 288 g/mol. The van der Waals surface area contributed by atoms with Crippen LogP contribution in [0.3, 0.4) is 0 Å². The number of amides is 2. The Morgan fingerprint density at radius 3 is 2.75 bits per heavy atom. The van der Waals surface area contributed by atoms with Crippen molar-refractivity contribution in [2.45, 2.75) is 13.3 Å². The van der Waals surface area contributed by atoms with Gasteiger partial charge in [0.2, 0.25) is 5.91 Å². The summed E-state index contributed by atoms with van der Waals surface area (Å²) in [6.45, 7) is 2.39. The molecule has 0 aliphatic heterocycles. The van der Waals surface area contributed by atoms with E-state index in [4.69, 9.17) is 11.6 Å². The lowest BCUT2D eigenvalue weighted by atomic mass is 10.2. The monoisotopic (exact) mass is 300 g/mol. The quantitative estimate of drug-likeness (QED) is 0.460. The number of pyridine rings is 1. The number of hydrogen-bond acceptors (Lipinski definition) is 5. The minimum atomic E-state index is -0.672. The van der Waals surface area contributed by atoms with Gasteiger partial charge in [0.1, 0.15) is 11.3 Å². The Balaban J connectivity index is 2.65. The first-order valence-corrected chi connectivity index (χ1v) is 6.18. The maximum absolute atomic E-state index is 11.8. The minimum Gasteiger partial charge on any atom is -0.356 e. The van der Waals surface area contributed by atoms with E-state index in [2.05, 4.69) is 15.6 Å². The maximum Gasteiger partial charge on any atom is 0.288 e. The Bertz CT molecular complexity index is 535. The van der Waals surface area contributed by atoms with Gasteiger partial charge in [-0.2, -0.15) is 0 Å². The zero-order valence-electron chi connectivity index (χ0n) is 10.7. The van der Waals surface area contributed by atoms with E-state index >= 15 is 0 Å². The van der Waals surface area contributed by atoms with Crippen LogP contribution in [0.4, 0.5) is 5.69 Å². The van der Waals surface area contributed by atoms with Gasteiger partial charge in [-0.25, -0.2) is 4.98 Å². The predicted octanol–water partition coefficient (Wildman–Crippen LogP) is 0.899. The maximum atomic E-state index is 11.8. The van der Waals surface area contributed by atoms with Crippen molar-refractivity contribution in [2.75, 3.05) is 13.1 Å². The van der Waals surface area contributed by atoms with Crippen molar-refractivity contribution in [3.05, 3.63) is 33.1 Å². The molecule has 1 heterocycles. The van der Waals surface area contributed by atoms with Crippen LogP contribution in [-0.2, 0) is 4.79 Å². The highest BCUT2D eigenvalue weighted by Gasteiger charge is 2.17. The first-order chi connectivity index (χ1) is 9.45. The molecule has 2 N–H and O–H groups in total. The highest BCUT2D eigenvalue weighted by molar-refractivity contribution is 6.32. The van der Waals surface area contributed by atoms with Gasteiger partial charge in [-0.1, -0.05) is 11.6 Å². The molecule has 0 unspecified atom stereocenters. The molecule has 2 amide bonds. The van der Waals surface area contributed by atoms with Crippen molar-refractivity contribution in [2.24, 2.45) is 0 Å². The third kappa shape index (κ3) is 4.47. The molecule has 0 aliphatic carbocycles. The highest BCUT2D eigenvalue weighted by atomic mass is 35.5. The lowest BCUT2D eigenvalue weighted by molar-refractivity contribution is -0.385. The summed E-state index contributed by atoms with van der Waals surface area (Å²) in [5.41, 5.74) is -0.431. The largest absolute Gasteiger partial charge is 0.356 e. The van der Waals surface area contributed by atoms with Crippen molar-refractivity contribution in [3.63, 3.8) is 0 Å². The Labute approximate surface area is 119 Å². The normalized spacial score (nSPS) is 9.90. The molecule has 1 rings (SSSR count). The molecule has 0 saturated carbocycles. The minimum absolute atomic E-state index is 0.100. The predicted molar refractivity (Wildman–Crippen MR) is 71.5 cm³/mol. The van der Waals surface area contributed by atoms with Gasteiger partial charge in [-0.05, 0) is 6.92 Å². The molecule has 0 radical (unpaired) electrons. The van der Waals surface area contributed by atoms with Crippen LogP contribution < -0.4 is 10.6 Å². The van der Waals surface area contributed by atoms with E-state index in [0.717, 1.165) is 12.3 Å². The van der Waals surface area contributed by atoms with Crippen LogP contribution in [0.25, 0.3) is 0 Å². The van der Waals surface area contributed by atoms with E-state index in [1.165, 1.54) is 0 Å². The first-order valence-electron chi connectivity index (χ1n) is 5.80. The molecule has 0 fully saturated rings. The van der Waals surface area contributed by atoms with Gasteiger partial charge in [0.15, 0.2) is 0 Å². The van der Waals surface area contributed by atoms with E-state index < -0.39 is 10.8 Å². The first kappa shape index (κ1) is 15.8. The number of nitrogens with zero attached hydrogens (tertiary/aromatic N) is 2. The van der Waals surface area contributed by atoms with E-state index in [1.807, 2.05) is 0 Å². The molecule has 0 saturated heterocycles. The summed E-state index contributed by atoms with van der Waals surface area (Å²) in [5.74, 6) is -0.813. The fourth-order valence-electron chi connectivity index (χ4n) is 1.37. The van der Waals surface area contributed by atoms with E-state index in [0.29, 0.717) is 6.54 Å². The SMILES string of the molecule is CCNC(=O)CCNC(=O)c1cc([N+](=O)[O-])cnc1Cl. The molecule has 20 heavy (non-hydrogen) atoms. The van der Waals surface area contributed by atoms with Crippen molar-refractivity contribution >= 4 is 29.1 Å². The van der Waals surface area contributed by atoms with Crippen molar-refractivity contribution in [1.29, 1.82) is 0 Å². The van der Waals surface area contributed by atoms with Gasteiger partial charge in [-0.15, -0.1) is 0 Å². The topological polar surface area (TPSA) is 114 Å². The Hall–Kier alpha value is -2.22. The van der Waals surface area contributed by atoms with Crippen LogP contribution in [0.1, 0.15) is 23.7 Å². The number of rotatable bonds is 6. The molecule has 8 nitrogen and oxygen atoms in total. The third-order valence-corrected chi connectivity index (χ3v) is 2.59. The molecule has 0 atom stereocenters. The van der Waals surface area contributed by atoms with Crippen LogP contribution in [0, 0.1) is 10.1 Å². The standard InChI is InChI=1S/C11H13ClN4O4/c1-2-13-9(17)3-4-14-11(18)8-5-7(16(19)20)6-15-10(8)12/h5-6H,2-4H2,1H3,(H,13,17)(H,14,18). The van der Waals surface area contributed by atoms with Gasteiger partial charge in [0.25, 0.3) is 11.6 Å². The van der Waals surface area contributed by atoms with E-state index in [9.17, 15) is 19.7 Å². The number of nitrogens with one attached hydrogen (secondary N) is 2. The number of hydrogen-bond donors (Lipinski definition) is 2. The van der Waals surface area contributed by atoms with Gasteiger partial charge in [0.05, 0.1) is 10.5 Å². The Morgan fingerprint density at radius 2 is 2.15 bits per heavy atom. The average molecular weight is 301 g/mol. The van der Waals surface area contributed by atoms with Crippen molar-refractivity contribution in [3.8, 4) is 0 Å². The summed E-state index contributed by atoms with van der Waals surface area (Å²) in [5, 5.41) is 15.5. The summed E-state index contributed by atoms with van der Waals surface area (Å²) in [7, 11) is 0. The van der Waals surface area contributed by atoms with E-state index in [1.54, 1.807) is 6.92 Å². The van der Waals surface area contributed by atoms with Gasteiger partial charge < -0.3 is 10.6 Å². The lowest BCUT2D eigenvalue weighted by Crippen LogP contribution is -2.30. The van der Waals surface area contributed by atoms with E-state index in [-0.39, 0.29) is 35.3 Å². The summed E-state index contributed by atoms with van der Waals surface area (Å²) in [6.07, 6.45) is 1.08. The number of nitro groups is 1. The summed E-state index contributed by atoms with van der Waals surface area (Å²) in [6, 6.07) is 1.04. The molecule has 1 aromatic heterocycles. The highest BCUT2D eigenvalue weighted by Crippen LogP contribution is 2.18. The average Bonchev–Trinajstić information content (AvgIpc) is 2.39. The van der Waals surface area contributed by atoms with Crippen LogP contribution in [0.2, 0.25) is 5.15 Å². The second-order valence-electron chi connectivity index (χ2n) is 3.75. The second kappa shape index (κ2) is 7.39. The van der Waals surface area contributed by atoms with Gasteiger partial charge >= 0.3 is 0 Å². The van der Waals surface area contributed by atoms with Crippen molar-refractivity contribution in [1.82, 2.24) is 15.6 Å². The molecule has 0 bridgehead atoms. The number of aromatic nitrogens is 1. The third-order valence-electron chi connectivity index (χ3n) is 2.29. The molecule has 1 aromatic rings. The Kier molecular flexibility index (Phi) is 5.85. The molecule has 0 spiro atoms. The van der Waals surface area contributed by atoms with Gasteiger partial charge in [-0.3, -0.25) is 19.7 Å². The molecule has 108 valence electrons. The van der Waals surface area contributed by atoms with Crippen LogP contribution in [-0.4, -0.2) is 34.8 Å². The second-order valence-corrected chi connectivity index (χ2v) is 4.11. The Morgan fingerprint density at radius 1 is 1.45 bits per heavy atom. The number of halogens is 1. The van der Waals surface area contributed by atoms with Gasteiger partial charge in [0, 0.05) is 25.6 Å². The number of carbonyl (C=O) groups excluding carboxylic acids is 2.